The Bertz CT molecular complexity index is 357. The van der Waals surface area contributed by atoms with Crippen molar-refractivity contribution in [3.05, 3.63) is 35.6 Å². The Morgan fingerprint density at radius 3 is 2.82 bits per heavy atom. The van der Waals surface area contributed by atoms with Gasteiger partial charge in [0.2, 0.25) is 5.91 Å². The lowest BCUT2D eigenvalue weighted by Crippen LogP contribution is -2.26. The lowest BCUT2D eigenvalue weighted by Gasteiger charge is -2.05. The van der Waals surface area contributed by atoms with Crippen LogP contribution in [0.5, 0.6) is 0 Å². The minimum Gasteiger partial charge on any atom is -0.356 e. The van der Waals surface area contributed by atoms with Gasteiger partial charge >= 0.3 is 0 Å². The van der Waals surface area contributed by atoms with Crippen LogP contribution in [0, 0.1) is 5.82 Å². The van der Waals surface area contributed by atoms with Gasteiger partial charge in [0.25, 0.3) is 0 Å². The van der Waals surface area contributed by atoms with E-state index < -0.39 is 0 Å². The fraction of sp³-hybridized carbons (Fsp3) is 0.462. The smallest absolute Gasteiger partial charge is 0.224 e. The van der Waals surface area contributed by atoms with E-state index in [0.29, 0.717) is 18.0 Å². The third-order valence-electron chi connectivity index (χ3n) is 2.39. The highest BCUT2D eigenvalue weighted by Crippen LogP contribution is 2.04. The number of amides is 1. The summed E-state index contributed by atoms with van der Waals surface area (Å²) >= 11 is 5.54. The highest BCUT2D eigenvalue weighted by Gasteiger charge is 2.03. The number of nitrogens with one attached hydrogen (secondary N) is 1. The molecule has 1 amide bonds. The summed E-state index contributed by atoms with van der Waals surface area (Å²) < 4.78 is 12.9. The van der Waals surface area contributed by atoms with Gasteiger partial charge in [-0.2, -0.15) is 0 Å². The van der Waals surface area contributed by atoms with Crippen LogP contribution in [-0.4, -0.2) is 18.3 Å². The molecule has 4 heteroatoms. The van der Waals surface area contributed by atoms with Gasteiger partial charge in [0.15, 0.2) is 0 Å². The van der Waals surface area contributed by atoms with Gasteiger partial charge in [-0.25, -0.2) is 4.39 Å². The monoisotopic (exact) mass is 257 g/mol. The van der Waals surface area contributed by atoms with Crippen molar-refractivity contribution in [2.75, 3.05) is 12.4 Å². The van der Waals surface area contributed by atoms with E-state index in [0.717, 1.165) is 19.3 Å². The molecule has 94 valence electrons. The quantitative estimate of drug-likeness (QED) is 0.591. The number of carbonyl (C=O) groups is 1. The van der Waals surface area contributed by atoms with Crippen molar-refractivity contribution >= 4 is 17.5 Å². The van der Waals surface area contributed by atoms with Gasteiger partial charge in [-0.3, -0.25) is 4.79 Å². The van der Waals surface area contributed by atoms with E-state index in [4.69, 9.17) is 11.6 Å². The molecule has 1 rings (SSSR count). The molecule has 0 radical (unpaired) electrons. The molecule has 17 heavy (non-hydrogen) atoms. The van der Waals surface area contributed by atoms with Crippen molar-refractivity contribution in [3.8, 4) is 0 Å². The average molecular weight is 258 g/mol. The van der Waals surface area contributed by atoms with Gasteiger partial charge in [0.05, 0.1) is 6.42 Å². The summed E-state index contributed by atoms with van der Waals surface area (Å²) in [5.41, 5.74) is 0.697. The molecular weight excluding hydrogens is 241 g/mol. The maximum atomic E-state index is 12.9. The SMILES string of the molecule is O=C(Cc1cccc(F)c1)NCCCCCCl. The number of unbranched alkanes of at least 4 members (excludes halogenated alkanes) is 2. The zero-order valence-corrected chi connectivity index (χ0v) is 10.5. The Morgan fingerprint density at radius 2 is 2.12 bits per heavy atom. The Morgan fingerprint density at radius 1 is 1.29 bits per heavy atom. The highest BCUT2D eigenvalue weighted by atomic mass is 35.5. The van der Waals surface area contributed by atoms with Crippen LogP contribution < -0.4 is 5.32 Å². The molecule has 0 aliphatic carbocycles. The molecule has 0 saturated heterocycles. The van der Waals surface area contributed by atoms with Crippen molar-refractivity contribution in [2.24, 2.45) is 0 Å². The third kappa shape index (κ3) is 6.27. The Kier molecular flexibility index (Phi) is 6.63. The number of alkyl halides is 1. The Balaban J connectivity index is 2.21. The van der Waals surface area contributed by atoms with Gasteiger partial charge in [0, 0.05) is 12.4 Å². The van der Waals surface area contributed by atoms with Crippen molar-refractivity contribution in [2.45, 2.75) is 25.7 Å². The molecule has 0 aromatic heterocycles. The molecule has 1 N–H and O–H groups in total. The summed E-state index contributed by atoms with van der Waals surface area (Å²) in [6.07, 6.45) is 3.15. The predicted octanol–water partition coefficient (Wildman–Crippen LogP) is 2.89. The number of carbonyl (C=O) groups excluding carboxylic acids is 1. The minimum absolute atomic E-state index is 0.0681. The molecule has 1 aromatic carbocycles. The number of hydrogen-bond donors (Lipinski definition) is 1. The second kappa shape index (κ2) is 8.07. The van der Waals surface area contributed by atoms with Crippen LogP contribution in [0.15, 0.2) is 24.3 Å². The standard InChI is InChI=1S/C13H17ClFNO/c14-7-2-1-3-8-16-13(17)10-11-5-4-6-12(15)9-11/h4-6,9H,1-3,7-8,10H2,(H,16,17). The molecule has 0 aliphatic rings. The highest BCUT2D eigenvalue weighted by molar-refractivity contribution is 6.17. The fourth-order valence-corrected chi connectivity index (χ4v) is 1.71. The van der Waals surface area contributed by atoms with Crippen LogP contribution in [0.2, 0.25) is 0 Å². The molecule has 0 aliphatic heterocycles. The zero-order valence-electron chi connectivity index (χ0n) is 9.72. The first kappa shape index (κ1) is 14.0. The first-order chi connectivity index (χ1) is 8.22. The summed E-state index contributed by atoms with van der Waals surface area (Å²) in [7, 11) is 0. The van der Waals surface area contributed by atoms with E-state index in [9.17, 15) is 9.18 Å². The van der Waals surface area contributed by atoms with Crippen LogP contribution in [0.25, 0.3) is 0 Å². The fourth-order valence-electron chi connectivity index (χ4n) is 1.52. The first-order valence-electron chi connectivity index (χ1n) is 5.79. The van der Waals surface area contributed by atoms with E-state index in [-0.39, 0.29) is 18.1 Å². The second-order valence-electron chi connectivity index (χ2n) is 3.91. The molecule has 0 atom stereocenters. The van der Waals surface area contributed by atoms with E-state index in [1.165, 1.54) is 12.1 Å². The van der Waals surface area contributed by atoms with E-state index in [1.807, 2.05) is 0 Å². The van der Waals surface area contributed by atoms with Crippen molar-refractivity contribution in [1.82, 2.24) is 5.32 Å². The van der Waals surface area contributed by atoms with Gasteiger partial charge < -0.3 is 5.32 Å². The van der Waals surface area contributed by atoms with E-state index >= 15 is 0 Å². The van der Waals surface area contributed by atoms with Gasteiger partial charge in [0.1, 0.15) is 5.82 Å². The minimum atomic E-state index is -0.308. The molecule has 0 saturated carbocycles. The summed E-state index contributed by atoms with van der Waals surface area (Å²) in [6.45, 7) is 0.658. The summed E-state index contributed by atoms with van der Waals surface area (Å²) in [5.74, 6) is 0.288. The number of benzene rings is 1. The zero-order chi connectivity index (χ0) is 12.5. The van der Waals surface area contributed by atoms with E-state index in [1.54, 1.807) is 12.1 Å². The van der Waals surface area contributed by atoms with Crippen LogP contribution in [0.3, 0.4) is 0 Å². The van der Waals surface area contributed by atoms with Crippen LogP contribution in [0.1, 0.15) is 24.8 Å². The van der Waals surface area contributed by atoms with Gasteiger partial charge in [-0.15, -0.1) is 11.6 Å². The maximum absolute atomic E-state index is 12.9. The normalized spacial score (nSPS) is 10.2. The lowest BCUT2D eigenvalue weighted by atomic mass is 10.1. The number of rotatable bonds is 7. The largest absolute Gasteiger partial charge is 0.356 e. The third-order valence-corrected chi connectivity index (χ3v) is 2.65. The molecule has 0 fully saturated rings. The van der Waals surface area contributed by atoms with Gasteiger partial charge in [-0.1, -0.05) is 18.6 Å². The molecule has 2 nitrogen and oxygen atoms in total. The maximum Gasteiger partial charge on any atom is 0.224 e. The molecule has 0 spiro atoms. The van der Waals surface area contributed by atoms with Crippen LogP contribution in [-0.2, 0) is 11.2 Å². The number of halogens is 2. The average Bonchev–Trinajstić information content (AvgIpc) is 2.29. The molecule has 0 bridgehead atoms. The van der Waals surface area contributed by atoms with Crippen LogP contribution >= 0.6 is 11.6 Å². The molecule has 1 aromatic rings. The van der Waals surface area contributed by atoms with Crippen molar-refractivity contribution in [3.63, 3.8) is 0 Å². The lowest BCUT2D eigenvalue weighted by molar-refractivity contribution is -0.120. The topological polar surface area (TPSA) is 29.1 Å². The Labute approximate surface area is 106 Å². The molecule has 0 unspecified atom stereocenters. The molecular formula is C13H17ClFNO. The second-order valence-corrected chi connectivity index (χ2v) is 4.28. The van der Waals surface area contributed by atoms with E-state index in [2.05, 4.69) is 5.32 Å². The van der Waals surface area contributed by atoms with Crippen molar-refractivity contribution in [1.29, 1.82) is 0 Å². The first-order valence-corrected chi connectivity index (χ1v) is 6.33. The van der Waals surface area contributed by atoms with Gasteiger partial charge in [-0.05, 0) is 30.5 Å². The Hall–Kier alpha value is -1.09. The van der Waals surface area contributed by atoms with Crippen molar-refractivity contribution < 1.29 is 9.18 Å². The number of hydrogen-bond acceptors (Lipinski definition) is 1. The summed E-state index contributed by atoms with van der Waals surface area (Å²) in [4.78, 5) is 11.5. The summed E-state index contributed by atoms with van der Waals surface area (Å²) in [5, 5.41) is 2.81. The molecule has 0 heterocycles. The predicted molar refractivity (Wildman–Crippen MR) is 67.7 cm³/mol. The van der Waals surface area contributed by atoms with Crippen LogP contribution in [0.4, 0.5) is 4.39 Å². The summed E-state index contributed by atoms with van der Waals surface area (Å²) in [6, 6.07) is 6.11.